The van der Waals surface area contributed by atoms with E-state index < -0.39 is 10.2 Å². The lowest BCUT2D eigenvalue weighted by atomic mass is 10.3. The van der Waals surface area contributed by atoms with Crippen molar-refractivity contribution in [3.63, 3.8) is 0 Å². The standard InChI is InChI=1S/C14H22N2O4S/c1-11-8-15(9-12(2)20-11)21(17,18)16(13-5-6-13)10-14-4-3-7-19-14/h3-4,7,11-13H,5-6,8-10H2,1-2H3/t11-,12-/m1/s1. The van der Waals surface area contributed by atoms with E-state index in [0.29, 0.717) is 25.4 Å². The number of morpholine rings is 1. The summed E-state index contributed by atoms with van der Waals surface area (Å²) in [5.74, 6) is 0.680. The van der Waals surface area contributed by atoms with E-state index >= 15 is 0 Å². The van der Waals surface area contributed by atoms with Gasteiger partial charge in [-0.05, 0) is 38.8 Å². The minimum absolute atomic E-state index is 0.0757. The van der Waals surface area contributed by atoms with E-state index in [-0.39, 0.29) is 18.2 Å². The zero-order valence-corrected chi connectivity index (χ0v) is 13.3. The minimum atomic E-state index is -3.48. The Morgan fingerprint density at radius 2 is 1.95 bits per heavy atom. The summed E-state index contributed by atoms with van der Waals surface area (Å²) >= 11 is 0. The van der Waals surface area contributed by atoms with Crippen LogP contribution in [-0.2, 0) is 21.5 Å². The third-order valence-electron chi connectivity index (χ3n) is 3.85. The van der Waals surface area contributed by atoms with Crippen molar-refractivity contribution in [3.8, 4) is 0 Å². The molecule has 0 bridgehead atoms. The molecule has 0 amide bonds. The second-order valence-electron chi connectivity index (χ2n) is 5.94. The molecule has 3 rings (SSSR count). The van der Waals surface area contributed by atoms with Crippen molar-refractivity contribution in [1.82, 2.24) is 8.61 Å². The zero-order chi connectivity index (χ0) is 15.0. The van der Waals surface area contributed by atoms with Gasteiger partial charge in [0.1, 0.15) is 5.76 Å². The SMILES string of the molecule is C[C@@H]1CN(S(=O)(=O)N(Cc2ccco2)C2CC2)C[C@@H](C)O1. The number of hydrogen-bond donors (Lipinski definition) is 0. The van der Waals surface area contributed by atoms with Crippen molar-refractivity contribution in [2.75, 3.05) is 13.1 Å². The van der Waals surface area contributed by atoms with Crippen LogP contribution >= 0.6 is 0 Å². The highest BCUT2D eigenvalue weighted by atomic mass is 32.2. The normalized spacial score (nSPS) is 28.1. The van der Waals surface area contributed by atoms with Gasteiger partial charge in [-0.2, -0.15) is 17.0 Å². The van der Waals surface area contributed by atoms with Crippen molar-refractivity contribution in [2.24, 2.45) is 0 Å². The number of ether oxygens (including phenoxy) is 1. The Bertz CT molecular complexity index is 558. The molecule has 1 saturated heterocycles. The van der Waals surface area contributed by atoms with E-state index in [1.807, 2.05) is 19.9 Å². The number of rotatable bonds is 5. The first-order valence-electron chi connectivity index (χ1n) is 7.41. The van der Waals surface area contributed by atoms with Crippen LogP contribution in [0.25, 0.3) is 0 Å². The van der Waals surface area contributed by atoms with Crippen LogP contribution in [0.15, 0.2) is 22.8 Å². The molecule has 1 aliphatic carbocycles. The summed E-state index contributed by atoms with van der Waals surface area (Å²) in [4.78, 5) is 0. The molecule has 2 heterocycles. The molecule has 0 radical (unpaired) electrons. The van der Waals surface area contributed by atoms with Gasteiger partial charge >= 0.3 is 0 Å². The van der Waals surface area contributed by atoms with Crippen molar-refractivity contribution >= 4 is 10.2 Å². The van der Waals surface area contributed by atoms with Gasteiger partial charge in [0, 0.05) is 19.1 Å². The fraction of sp³-hybridized carbons (Fsp3) is 0.714. The van der Waals surface area contributed by atoms with Crippen molar-refractivity contribution < 1.29 is 17.6 Å². The van der Waals surface area contributed by atoms with E-state index in [0.717, 1.165) is 12.8 Å². The predicted molar refractivity (Wildman–Crippen MR) is 77.8 cm³/mol. The monoisotopic (exact) mass is 314 g/mol. The highest BCUT2D eigenvalue weighted by Crippen LogP contribution is 2.33. The van der Waals surface area contributed by atoms with Crippen LogP contribution < -0.4 is 0 Å². The lowest BCUT2D eigenvalue weighted by molar-refractivity contribution is -0.0456. The van der Waals surface area contributed by atoms with Crippen LogP contribution in [-0.4, -0.2) is 48.4 Å². The maximum Gasteiger partial charge on any atom is 0.282 e. The first-order chi connectivity index (χ1) is 9.96. The molecule has 2 atom stereocenters. The van der Waals surface area contributed by atoms with Crippen LogP contribution in [0.5, 0.6) is 0 Å². The van der Waals surface area contributed by atoms with Crippen LogP contribution in [0.3, 0.4) is 0 Å². The summed E-state index contributed by atoms with van der Waals surface area (Å²) in [7, 11) is -3.48. The van der Waals surface area contributed by atoms with Gasteiger partial charge in [-0.25, -0.2) is 0 Å². The maximum atomic E-state index is 12.9. The fourth-order valence-corrected chi connectivity index (χ4v) is 4.76. The Kier molecular flexibility index (Phi) is 4.09. The van der Waals surface area contributed by atoms with Gasteiger partial charge in [0.25, 0.3) is 10.2 Å². The van der Waals surface area contributed by atoms with Gasteiger partial charge < -0.3 is 9.15 Å². The Morgan fingerprint density at radius 3 is 2.48 bits per heavy atom. The maximum absolute atomic E-state index is 12.9. The quantitative estimate of drug-likeness (QED) is 0.828. The molecule has 118 valence electrons. The third-order valence-corrected chi connectivity index (χ3v) is 5.83. The van der Waals surface area contributed by atoms with E-state index in [9.17, 15) is 8.42 Å². The van der Waals surface area contributed by atoms with E-state index in [1.54, 1.807) is 20.9 Å². The molecule has 2 aliphatic rings. The fourth-order valence-electron chi connectivity index (χ4n) is 2.79. The second-order valence-corrected chi connectivity index (χ2v) is 7.82. The van der Waals surface area contributed by atoms with Gasteiger partial charge in [0.05, 0.1) is 25.0 Å². The topological polar surface area (TPSA) is 63.0 Å². The average molecular weight is 314 g/mol. The zero-order valence-electron chi connectivity index (χ0n) is 12.4. The van der Waals surface area contributed by atoms with Gasteiger partial charge in [0.15, 0.2) is 0 Å². The molecule has 1 saturated carbocycles. The van der Waals surface area contributed by atoms with Crippen LogP contribution in [0, 0.1) is 0 Å². The van der Waals surface area contributed by atoms with Crippen LogP contribution in [0.2, 0.25) is 0 Å². The molecule has 7 heteroatoms. The van der Waals surface area contributed by atoms with E-state index in [1.165, 1.54) is 0 Å². The largest absolute Gasteiger partial charge is 0.468 e. The Balaban J connectivity index is 1.80. The molecule has 1 aliphatic heterocycles. The molecular weight excluding hydrogens is 292 g/mol. The highest BCUT2D eigenvalue weighted by molar-refractivity contribution is 7.86. The van der Waals surface area contributed by atoms with Gasteiger partial charge in [0.2, 0.25) is 0 Å². The van der Waals surface area contributed by atoms with Gasteiger partial charge in [-0.3, -0.25) is 0 Å². The molecule has 0 N–H and O–H groups in total. The Hall–Kier alpha value is -0.890. The molecule has 0 aromatic carbocycles. The molecule has 0 spiro atoms. The highest BCUT2D eigenvalue weighted by Gasteiger charge is 2.42. The Labute approximate surface area is 125 Å². The molecule has 1 aromatic rings. The number of hydrogen-bond acceptors (Lipinski definition) is 4. The molecular formula is C14H22N2O4S. The molecule has 1 aromatic heterocycles. The van der Waals surface area contributed by atoms with Crippen molar-refractivity contribution in [3.05, 3.63) is 24.2 Å². The first-order valence-corrected chi connectivity index (χ1v) is 8.81. The summed E-state index contributed by atoms with van der Waals surface area (Å²) in [5.41, 5.74) is 0. The first kappa shape index (κ1) is 15.0. The second kappa shape index (κ2) is 5.72. The van der Waals surface area contributed by atoms with E-state index in [2.05, 4.69) is 0 Å². The lowest BCUT2D eigenvalue weighted by Gasteiger charge is -2.37. The summed E-state index contributed by atoms with van der Waals surface area (Å²) in [6.07, 6.45) is 3.28. The summed E-state index contributed by atoms with van der Waals surface area (Å²) in [6.45, 7) is 4.95. The molecule has 0 unspecified atom stereocenters. The summed E-state index contributed by atoms with van der Waals surface area (Å²) < 4.78 is 40.0. The van der Waals surface area contributed by atoms with Crippen LogP contribution in [0.1, 0.15) is 32.4 Å². The van der Waals surface area contributed by atoms with E-state index in [4.69, 9.17) is 9.15 Å². The van der Waals surface area contributed by atoms with Crippen molar-refractivity contribution in [1.29, 1.82) is 0 Å². The minimum Gasteiger partial charge on any atom is -0.468 e. The summed E-state index contributed by atoms with van der Waals surface area (Å²) in [6, 6.07) is 3.70. The van der Waals surface area contributed by atoms with Crippen LogP contribution in [0.4, 0.5) is 0 Å². The third kappa shape index (κ3) is 3.31. The van der Waals surface area contributed by atoms with Crippen molar-refractivity contribution in [2.45, 2.75) is 51.5 Å². The predicted octanol–water partition coefficient (Wildman–Crippen LogP) is 1.60. The number of nitrogens with zero attached hydrogens (tertiary/aromatic N) is 2. The molecule has 6 nitrogen and oxygen atoms in total. The Morgan fingerprint density at radius 1 is 1.29 bits per heavy atom. The van der Waals surface area contributed by atoms with Gasteiger partial charge in [-0.15, -0.1) is 0 Å². The lowest BCUT2D eigenvalue weighted by Crippen LogP contribution is -2.53. The molecule has 2 fully saturated rings. The molecule has 21 heavy (non-hydrogen) atoms. The number of furan rings is 1. The van der Waals surface area contributed by atoms with Gasteiger partial charge in [-0.1, -0.05) is 0 Å². The summed E-state index contributed by atoms with van der Waals surface area (Å²) in [5, 5.41) is 0. The average Bonchev–Trinajstić information content (AvgIpc) is 3.11. The smallest absolute Gasteiger partial charge is 0.282 e.